The van der Waals surface area contributed by atoms with Crippen LogP contribution in [0.15, 0.2) is 22.7 Å². The minimum Gasteiger partial charge on any atom is -0.380 e. The zero-order valence-corrected chi connectivity index (χ0v) is 12.7. The number of halogens is 2. The molecule has 0 aliphatic heterocycles. The molecule has 1 saturated carbocycles. The molecular weight excluding hydrogens is 295 g/mol. The maximum atomic E-state index is 6.30. The first-order valence-electron chi connectivity index (χ1n) is 6.79. The van der Waals surface area contributed by atoms with Crippen molar-refractivity contribution in [3.05, 3.63) is 34.0 Å². The molecule has 0 spiro atoms. The van der Waals surface area contributed by atoms with Gasteiger partial charge in [-0.1, -0.05) is 47.8 Å². The van der Waals surface area contributed by atoms with Crippen LogP contribution in [-0.4, -0.2) is 5.16 Å². The molecule has 2 aromatic rings. The van der Waals surface area contributed by atoms with Gasteiger partial charge in [0.05, 0.1) is 15.6 Å². The van der Waals surface area contributed by atoms with E-state index >= 15 is 0 Å². The van der Waals surface area contributed by atoms with E-state index in [9.17, 15) is 0 Å². The molecule has 1 heterocycles. The summed E-state index contributed by atoms with van der Waals surface area (Å²) in [6.45, 7) is 2.23. The molecule has 20 heavy (non-hydrogen) atoms. The number of hydrogen-bond donors (Lipinski definition) is 1. The van der Waals surface area contributed by atoms with Crippen LogP contribution in [0.1, 0.15) is 37.9 Å². The van der Waals surface area contributed by atoms with Crippen molar-refractivity contribution in [2.75, 3.05) is 5.73 Å². The van der Waals surface area contributed by atoms with Crippen molar-refractivity contribution in [1.82, 2.24) is 5.16 Å². The van der Waals surface area contributed by atoms with Crippen LogP contribution in [0, 0.1) is 5.92 Å². The van der Waals surface area contributed by atoms with Crippen molar-refractivity contribution in [2.45, 2.75) is 32.1 Å². The van der Waals surface area contributed by atoms with Gasteiger partial charge in [0.15, 0.2) is 5.82 Å². The Morgan fingerprint density at radius 1 is 1.20 bits per heavy atom. The number of anilines is 1. The fourth-order valence-electron chi connectivity index (χ4n) is 3.09. The second kappa shape index (κ2) is 5.30. The van der Waals surface area contributed by atoms with Crippen molar-refractivity contribution < 1.29 is 4.52 Å². The maximum absolute atomic E-state index is 6.30. The van der Waals surface area contributed by atoms with Crippen LogP contribution in [0.5, 0.6) is 0 Å². The van der Waals surface area contributed by atoms with Gasteiger partial charge < -0.3 is 10.3 Å². The minimum atomic E-state index is 0.335. The molecule has 1 aliphatic carbocycles. The highest BCUT2D eigenvalue weighted by atomic mass is 35.5. The highest BCUT2D eigenvalue weighted by Crippen LogP contribution is 2.47. The molecule has 106 valence electrons. The third-order valence-electron chi connectivity index (χ3n) is 4.16. The predicted octanol–water partition coefficient (Wildman–Crippen LogP) is 5.13. The van der Waals surface area contributed by atoms with Gasteiger partial charge in [0.1, 0.15) is 5.76 Å². The summed E-state index contributed by atoms with van der Waals surface area (Å²) in [4.78, 5) is 0. The molecule has 1 aromatic carbocycles. The fraction of sp³-hybridized carbons (Fsp3) is 0.400. The molecule has 0 saturated heterocycles. The van der Waals surface area contributed by atoms with Crippen LogP contribution in [0.2, 0.25) is 10.0 Å². The number of hydrogen-bond acceptors (Lipinski definition) is 3. The van der Waals surface area contributed by atoms with Gasteiger partial charge in [0.25, 0.3) is 0 Å². The van der Waals surface area contributed by atoms with Gasteiger partial charge in [0, 0.05) is 11.5 Å². The summed E-state index contributed by atoms with van der Waals surface area (Å²) in [7, 11) is 0. The summed E-state index contributed by atoms with van der Waals surface area (Å²) < 4.78 is 5.52. The Kier molecular flexibility index (Phi) is 3.65. The summed E-state index contributed by atoms with van der Waals surface area (Å²) in [5.41, 5.74) is 7.49. The molecule has 2 atom stereocenters. The lowest BCUT2D eigenvalue weighted by molar-refractivity contribution is 0.341. The zero-order chi connectivity index (χ0) is 14.3. The molecule has 2 N–H and O–H groups in total. The monoisotopic (exact) mass is 310 g/mol. The molecule has 3 rings (SSSR count). The Balaban J connectivity index is 2.17. The second-order valence-electron chi connectivity index (χ2n) is 5.42. The third kappa shape index (κ3) is 2.19. The van der Waals surface area contributed by atoms with E-state index in [1.807, 2.05) is 6.07 Å². The fourth-order valence-corrected chi connectivity index (χ4v) is 3.68. The van der Waals surface area contributed by atoms with Crippen LogP contribution < -0.4 is 5.73 Å². The van der Waals surface area contributed by atoms with Gasteiger partial charge in [-0.3, -0.25) is 0 Å². The van der Waals surface area contributed by atoms with Crippen LogP contribution in [0.3, 0.4) is 0 Å². The first-order chi connectivity index (χ1) is 9.59. The lowest BCUT2D eigenvalue weighted by Gasteiger charge is -2.15. The highest BCUT2D eigenvalue weighted by Gasteiger charge is 2.33. The highest BCUT2D eigenvalue weighted by molar-refractivity contribution is 6.39. The van der Waals surface area contributed by atoms with E-state index in [-0.39, 0.29) is 0 Å². The molecular formula is C15H16Cl2N2O. The number of nitrogen functional groups attached to an aromatic ring is 1. The van der Waals surface area contributed by atoms with E-state index in [0.29, 0.717) is 27.7 Å². The molecule has 1 aliphatic rings. The first kappa shape index (κ1) is 13.8. The van der Waals surface area contributed by atoms with E-state index in [1.165, 1.54) is 12.8 Å². The minimum absolute atomic E-state index is 0.335. The summed E-state index contributed by atoms with van der Waals surface area (Å²) in [6, 6.07) is 5.42. The molecule has 0 radical (unpaired) electrons. The van der Waals surface area contributed by atoms with Gasteiger partial charge in [-0.15, -0.1) is 0 Å². The average molecular weight is 311 g/mol. The van der Waals surface area contributed by atoms with Crippen LogP contribution in [0.25, 0.3) is 11.1 Å². The smallest absolute Gasteiger partial charge is 0.175 e. The SMILES string of the molecule is CC1CCCC1c1onc(N)c1-c1c(Cl)cccc1Cl. The summed E-state index contributed by atoms with van der Waals surface area (Å²) >= 11 is 12.6. The van der Waals surface area contributed by atoms with E-state index in [4.69, 9.17) is 33.5 Å². The lowest BCUT2D eigenvalue weighted by Crippen LogP contribution is -2.03. The number of nitrogens with two attached hydrogens (primary N) is 1. The van der Waals surface area contributed by atoms with Gasteiger partial charge in [-0.25, -0.2) is 0 Å². The Bertz CT molecular complexity index is 619. The average Bonchev–Trinajstić information content (AvgIpc) is 2.97. The van der Waals surface area contributed by atoms with Gasteiger partial charge in [0.2, 0.25) is 0 Å². The third-order valence-corrected chi connectivity index (χ3v) is 4.79. The molecule has 0 amide bonds. The summed E-state index contributed by atoms with van der Waals surface area (Å²) in [6.07, 6.45) is 3.48. The molecule has 1 aromatic heterocycles. The van der Waals surface area contributed by atoms with E-state index < -0.39 is 0 Å². The summed E-state index contributed by atoms with van der Waals surface area (Å²) in [5.74, 6) is 2.07. The standard InChI is InChI=1S/C15H16Cl2N2O/c1-8-4-2-5-9(8)14-13(15(18)19-20-14)12-10(16)6-3-7-11(12)17/h3,6-9H,2,4-5H2,1H3,(H2,18,19). The molecule has 2 unspecified atom stereocenters. The zero-order valence-electron chi connectivity index (χ0n) is 11.2. The maximum Gasteiger partial charge on any atom is 0.175 e. The number of benzene rings is 1. The van der Waals surface area contributed by atoms with Crippen molar-refractivity contribution in [3.63, 3.8) is 0 Å². The van der Waals surface area contributed by atoms with Gasteiger partial charge >= 0.3 is 0 Å². The van der Waals surface area contributed by atoms with Gasteiger partial charge in [-0.2, -0.15) is 0 Å². The molecule has 3 nitrogen and oxygen atoms in total. The van der Waals surface area contributed by atoms with Crippen LogP contribution >= 0.6 is 23.2 Å². The second-order valence-corrected chi connectivity index (χ2v) is 6.23. The number of rotatable bonds is 2. The Labute approximate surface area is 128 Å². The van der Waals surface area contributed by atoms with E-state index in [2.05, 4.69) is 12.1 Å². The Morgan fingerprint density at radius 2 is 1.90 bits per heavy atom. The molecule has 1 fully saturated rings. The predicted molar refractivity (Wildman–Crippen MR) is 82.1 cm³/mol. The van der Waals surface area contributed by atoms with Crippen molar-refractivity contribution in [1.29, 1.82) is 0 Å². The van der Waals surface area contributed by atoms with E-state index in [0.717, 1.165) is 23.3 Å². The van der Waals surface area contributed by atoms with Crippen LogP contribution in [-0.2, 0) is 0 Å². The van der Waals surface area contributed by atoms with Crippen molar-refractivity contribution in [3.8, 4) is 11.1 Å². The molecule has 0 bridgehead atoms. The number of aromatic nitrogens is 1. The van der Waals surface area contributed by atoms with E-state index in [1.54, 1.807) is 12.1 Å². The summed E-state index contributed by atoms with van der Waals surface area (Å²) in [5, 5.41) is 5.08. The van der Waals surface area contributed by atoms with Crippen molar-refractivity contribution >= 4 is 29.0 Å². The van der Waals surface area contributed by atoms with Crippen LogP contribution in [0.4, 0.5) is 5.82 Å². The topological polar surface area (TPSA) is 52.0 Å². The largest absolute Gasteiger partial charge is 0.380 e. The molecule has 5 heteroatoms. The normalized spacial score (nSPS) is 22.4. The lowest BCUT2D eigenvalue weighted by atomic mass is 9.90. The first-order valence-corrected chi connectivity index (χ1v) is 7.54. The van der Waals surface area contributed by atoms with Gasteiger partial charge in [-0.05, 0) is 30.9 Å². The Hall–Kier alpha value is -1.19. The van der Waals surface area contributed by atoms with Crippen molar-refractivity contribution in [2.24, 2.45) is 5.92 Å². The number of nitrogens with zero attached hydrogens (tertiary/aromatic N) is 1. The quantitative estimate of drug-likeness (QED) is 0.836. The Morgan fingerprint density at radius 3 is 2.50 bits per heavy atom.